The molecule has 0 aliphatic heterocycles. The Morgan fingerprint density at radius 1 is 1.33 bits per heavy atom. The lowest BCUT2D eigenvalue weighted by atomic mass is 9.96. The number of carbonyl (C=O) groups excluding carboxylic acids is 1. The van der Waals surface area contributed by atoms with E-state index in [9.17, 15) is 9.18 Å². The van der Waals surface area contributed by atoms with Gasteiger partial charge in [-0.25, -0.2) is 9.87 Å². The van der Waals surface area contributed by atoms with Crippen molar-refractivity contribution in [2.24, 2.45) is 5.92 Å². The van der Waals surface area contributed by atoms with Crippen LogP contribution in [0.4, 0.5) is 4.39 Å². The number of hydrogen-bond donors (Lipinski definition) is 2. The minimum absolute atomic E-state index is 0.186. The highest BCUT2D eigenvalue weighted by Crippen LogP contribution is 2.19. The van der Waals surface area contributed by atoms with Crippen molar-refractivity contribution in [3.63, 3.8) is 0 Å². The van der Waals surface area contributed by atoms with E-state index in [-0.39, 0.29) is 18.0 Å². The Morgan fingerprint density at radius 2 is 1.86 bits per heavy atom. The van der Waals surface area contributed by atoms with Gasteiger partial charge in [0.25, 0.3) is 0 Å². The average molecular weight is 297 g/mol. The number of amides is 1. The normalized spacial score (nSPS) is 13.1. The summed E-state index contributed by atoms with van der Waals surface area (Å²) < 4.78 is 19.3. The van der Waals surface area contributed by atoms with Crippen molar-refractivity contribution >= 4 is 5.91 Å². The number of halogens is 1. The lowest BCUT2D eigenvalue weighted by Gasteiger charge is -2.23. The Morgan fingerprint density at radius 3 is 2.29 bits per heavy atom. The highest BCUT2D eigenvalue weighted by atomic mass is 19.1. The highest BCUT2D eigenvalue weighted by molar-refractivity contribution is 5.77. The molecule has 0 spiro atoms. The first-order valence-corrected chi connectivity index (χ1v) is 6.97. The first kappa shape index (κ1) is 17.6. The molecule has 0 saturated carbocycles. The number of hydroxylamine groups is 1. The molecule has 0 aliphatic rings. The first-order valence-electron chi connectivity index (χ1n) is 6.97. The van der Waals surface area contributed by atoms with Gasteiger partial charge in [-0.3, -0.25) is 10.0 Å². The summed E-state index contributed by atoms with van der Waals surface area (Å²) in [6.45, 7) is 9.26. The van der Waals surface area contributed by atoms with E-state index < -0.39 is 11.8 Å². The minimum atomic E-state index is -0.529. The molecular weight excluding hydrogens is 273 g/mol. The van der Waals surface area contributed by atoms with E-state index >= 15 is 0 Å². The van der Waals surface area contributed by atoms with E-state index in [1.807, 2.05) is 20.8 Å². The van der Waals surface area contributed by atoms with Crippen LogP contribution in [0.25, 0.3) is 0 Å². The maximum Gasteiger partial charge on any atom is 0.249 e. The molecule has 1 aromatic rings. The van der Waals surface area contributed by atoms with Gasteiger partial charge in [0.05, 0.1) is 18.1 Å². The van der Waals surface area contributed by atoms with Crippen LogP contribution in [0.1, 0.15) is 37.5 Å². The second kappa shape index (κ2) is 7.00. The average Bonchev–Trinajstić information content (AvgIpc) is 2.38. The van der Waals surface area contributed by atoms with E-state index in [1.165, 1.54) is 0 Å². The summed E-state index contributed by atoms with van der Waals surface area (Å²) in [7, 11) is 0. The Bertz CT molecular complexity index is 486. The Labute approximate surface area is 125 Å². The molecule has 0 fully saturated rings. The van der Waals surface area contributed by atoms with Crippen LogP contribution in [-0.2, 0) is 16.0 Å². The summed E-state index contributed by atoms with van der Waals surface area (Å²) >= 11 is 0. The van der Waals surface area contributed by atoms with Gasteiger partial charge in [-0.1, -0.05) is 12.1 Å². The topological polar surface area (TPSA) is 58.6 Å². The molecule has 4 nitrogen and oxygen atoms in total. The highest BCUT2D eigenvalue weighted by Gasteiger charge is 2.22. The zero-order valence-corrected chi connectivity index (χ0v) is 13.3. The standard InChI is InChI=1S/C16H24FNO3/c1-10-6-12(7-11(2)14(10)17)8-13(15(19)18-20)9-21-16(3,4)5/h6-7,13,20H,8-9H2,1-5H3,(H,18,19)/t13-/m1/s1. The monoisotopic (exact) mass is 297 g/mol. The van der Waals surface area contributed by atoms with Crippen LogP contribution < -0.4 is 5.48 Å². The van der Waals surface area contributed by atoms with Crippen LogP contribution in [0.5, 0.6) is 0 Å². The summed E-state index contributed by atoms with van der Waals surface area (Å²) in [6, 6.07) is 3.44. The van der Waals surface area contributed by atoms with E-state index in [1.54, 1.807) is 31.5 Å². The molecule has 21 heavy (non-hydrogen) atoms. The van der Waals surface area contributed by atoms with Gasteiger partial charge in [-0.05, 0) is 57.7 Å². The fraction of sp³-hybridized carbons (Fsp3) is 0.562. The van der Waals surface area contributed by atoms with Gasteiger partial charge < -0.3 is 4.74 Å². The number of ether oxygens (including phenoxy) is 1. The third-order valence-electron chi connectivity index (χ3n) is 3.18. The van der Waals surface area contributed by atoms with Gasteiger partial charge in [0.2, 0.25) is 5.91 Å². The molecule has 1 aromatic carbocycles. The second-order valence-corrected chi connectivity index (χ2v) is 6.34. The molecule has 2 N–H and O–H groups in total. The largest absolute Gasteiger partial charge is 0.375 e. The molecule has 0 bridgehead atoms. The van der Waals surface area contributed by atoms with E-state index in [4.69, 9.17) is 9.94 Å². The summed E-state index contributed by atoms with van der Waals surface area (Å²) in [5, 5.41) is 8.85. The predicted octanol–water partition coefficient (Wildman–Crippen LogP) is 2.92. The number of aryl methyl sites for hydroxylation is 2. The maximum atomic E-state index is 13.6. The molecule has 5 heteroatoms. The van der Waals surface area contributed by atoms with Gasteiger partial charge in [-0.2, -0.15) is 0 Å². The molecular formula is C16H24FNO3. The smallest absolute Gasteiger partial charge is 0.249 e. The zero-order chi connectivity index (χ0) is 16.2. The number of hydrogen-bond acceptors (Lipinski definition) is 3. The van der Waals surface area contributed by atoms with Gasteiger partial charge >= 0.3 is 0 Å². The number of carbonyl (C=O) groups is 1. The summed E-state index contributed by atoms with van der Waals surface area (Å²) in [5.41, 5.74) is 3.23. The molecule has 0 heterocycles. The Balaban J connectivity index is 2.88. The lowest BCUT2D eigenvalue weighted by molar-refractivity contribution is -0.137. The van der Waals surface area contributed by atoms with Crippen molar-refractivity contribution < 1.29 is 19.1 Å². The molecule has 0 aliphatic carbocycles. The molecule has 1 atom stereocenters. The molecule has 118 valence electrons. The summed E-state index contributed by atoms with van der Waals surface area (Å²) in [6.07, 6.45) is 0.379. The molecule has 0 unspecified atom stereocenters. The third-order valence-corrected chi connectivity index (χ3v) is 3.18. The van der Waals surface area contributed by atoms with Crippen molar-refractivity contribution in [2.45, 2.75) is 46.6 Å². The summed E-state index contributed by atoms with van der Waals surface area (Å²) in [5.74, 6) is -1.26. The fourth-order valence-electron chi connectivity index (χ4n) is 2.11. The molecule has 1 rings (SSSR count). The Hall–Kier alpha value is -1.46. The van der Waals surface area contributed by atoms with Gasteiger partial charge in [0.15, 0.2) is 0 Å². The molecule has 0 saturated heterocycles. The van der Waals surface area contributed by atoms with E-state index in [2.05, 4.69) is 0 Å². The van der Waals surface area contributed by atoms with Crippen LogP contribution >= 0.6 is 0 Å². The van der Waals surface area contributed by atoms with Crippen LogP contribution in [0.15, 0.2) is 12.1 Å². The SMILES string of the molecule is Cc1cc(C[C@H](COC(C)(C)C)C(=O)NO)cc(C)c1F. The third kappa shape index (κ3) is 5.44. The maximum absolute atomic E-state index is 13.6. The van der Waals surface area contributed by atoms with E-state index in [0.717, 1.165) is 5.56 Å². The lowest BCUT2D eigenvalue weighted by Crippen LogP contribution is -2.35. The number of rotatable bonds is 5. The van der Waals surface area contributed by atoms with Gasteiger partial charge in [-0.15, -0.1) is 0 Å². The van der Waals surface area contributed by atoms with Crippen LogP contribution in [0.2, 0.25) is 0 Å². The first-order chi connectivity index (χ1) is 9.64. The second-order valence-electron chi connectivity index (χ2n) is 6.34. The van der Waals surface area contributed by atoms with Gasteiger partial charge in [0.1, 0.15) is 5.82 Å². The Kier molecular flexibility index (Phi) is 5.87. The quantitative estimate of drug-likeness (QED) is 0.649. The zero-order valence-electron chi connectivity index (χ0n) is 13.3. The van der Waals surface area contributed by atoms with Crippen molar-refractivity contribution in [2.75, 3.05) is 6.61 Å². The molecule has 0 radical (unpaired) electrons. The van der Waals surface area contributed by atoms with Crippen molar-refractivity contribution in [3.8, 4) is 0 Å². The summed E-state index contributed by atoms with van der Waals surface area (Å²) in [4.78, 5) is 11.8. The molecule has 0 aromatic heterocycles. The van der Waals surface area contributed by atoms with Crippen molar-refractivity contribution in [3.05, 3.63) is 34.6 Å². The predicted molar refractivity (Wildman–Crippen MR) is 78.7 cm³/mol. The number of benzene rings is 1. The van der Waals surface area contributed by atoms with Crippen molar-refractivity contribution in [1.82, 2.24) is 5.48 Å². The number of nitrogens with one attached hydrogen (secondary N) is 1. The van der Waals surface area contributed by atoms with Crippen LogP contribution in [-0.4, -0.2) is 23.3 Å². The van der Waals surface area contributed by atoms with Crippen molar-refractivity contribution in [1.29, 1.82) is 0 Å². The van der Waals surface area contributed by atoms with Crippen LogP contribution in [0.3, 0.4) is 0 Å². The van der Waals surface area contributed by atoms with Gasteiger partial charge in [0, 0.05) is 0 Å². The fourth-order valence-corrected chi connectivity index (χ4v) is 2.11. The minimum Gasteiger partial charge on any atom is -0.375 e. The van der Waals surface area contributed by atoms with E-state index in [0.29, 0.717) is 17.5 Å². The molecule has 1 amide bonds. The van der Waals surface area contributed by atoms with Crippen LogP contribution in [0, 0.1) is 25.6 Å².